The molecule has 9 heteroatoms. The van der Waals surface area contributed by atoms with Gasteiger partial charge in [-0.1, -0.05) is 13.8 Å². The molecule has 5 nitrogen and oxygen atoms in total. The molecule has 1 unspecified atom stereocenters. The number of nitrogens with one attached hydrogen (secondary N) is 1. The van der Waals surface area contributed by atoms with Crippen LogP contribution in [0, 0.1) is 25.6 Å². The smallest absolute Gasteiger partial charge is 0.366 e. The molecule has 1 atom stereocenters. The Kier molecular flexibility index (Phi) is 7.07. The van der Waals surface area contributed by atoms with Crippen molar-refractivity contribution in [2.45, 2.75) is 46.5 Å². The van der Waals surface area contributed by atoms with Crippen LogP contribution in [0.4, 0.5) is 23.2 Å². The maximum absolute atomic E-state index is 15.4. The lowest BCUT2D eigenvalue weighted by atomic mass is 9.97. The van der Waals surface area contributed by atoms with Crippen molar-refractivity contribution in [3.63, 3.8) is 0 Å². The fourth-order valence-corrected chi connectivity index (χ4v) is 3.74. The third-order valence-corrected chi connectivity index (χ3v) is 5.30. The minimum absolute atomic E-state index is 0.0462. The van der Waals surface area contributed by atoms with E-state index in [1.165, 1.54) is 11.0 Å². The van der Waals surface area contributed by atoms with E-state index < -0.39 is 24.6 Å². The van der Waals surface area contributed by atoms with E-state index in [1.807, 2.05) is 0 Å². The standard InChI is InChI=1S/C23H27F4N3O2/c1-13(2)22(31)28-11-17-9-18(30-5-6-32-20(12-30)23(25,26)27)10-19(24)21(17)16-7-14(3)29-15(4)8-16/h7-10,13,20H,5-6,11-12H2,1-4H3,(H,28,31). The highest BCUT2D eigenvalue weighted by Gasteiger charge is 2.43. The van der Waals surface area contributed by atoms with Gasteiger partial charge in [0.05, 0.1) is 13.2 Å². The number of aryl methyl sites for hydroxylation is 2. The number of halogens is 4. The summed E-state index contributed by atoms with van der Waals surface area (Å²) in [6.07, 6.45) is -6.44. The number of hydrogen-bond donors (Lipinski definition) is 1. The first-order chi connectivity index (χ1) is 15.0. The van der Waals surface area contributed by atoms with Crippen molar-refractivity contribution < 1.29 is 27.1 Å². The molecule has 2 aromatic rings. The van der Waals surface area contributed by atoms with Crippen molar-refractivity contribution in [1.82, 2.24) is 10.3 Å². The van der Waals surface area contributed by atoms with Gasteiger partial charge in [-0.25, -0.2) is 4.39 Å². The lowest BCUT2D eigenvalue weighted by Gasteiger charge is -2.35. The van der Waals surface area contributed by atoms with Crippen LogP contribution in [0.1, 0.15) is 30.8 Å². The number of morpholine rings is 1. The van der Waals surface area contributed by atoms with Gasteiger partial charge < -0.3 is 15.0 Å². The minimum atomic E-state index is -4.50. The molecule has 2 heterocycles. The highest BCUT2D eigenvalue weighted by atomic mass is 19.4. The molecule has 174 valence electrons. The Labute approximate surface area is 184 Å². The normalized spacial score (nSPS) is 17.0. The fourth-order valence-electron chi connectivity index (χ4n) is 3.74. The Morgan fingerprint density at radius 1 is 1.22 bits per heavy atom. The van der Waals surface area contributed by atoms with E-state index in [0.29, 0.717) is 33.8 Å². The largest absolute Gasteiger partial charge is 0.416 e. The van der Waals surface area contributed by atoms with Crippen molar-refractivity contribution in [3.8, 4) is 11.1 Å². The molecule has 1 aliphatic rings. The summed E-state index contributed by atoms with van der Waals surface area (Å²) in [6.45, 7) is 6.80. The molecule has 1 amide bonds. The summed E-state index contributed by atoms with van der Waals surface area (Å²) < 4.78 is 59.7. The number of hydrogen-bond acceptors (Lipinski definition) is 4. The third-order valence-electron chi connectivity index (χ3n) is 5.30. The lowest BCUT2D eigenvalue weighted by Crippen LogP contribution is -2.49. The second-order valence-corrected chi connectivity index (χ2v) is 8.32. The van der Waals surface area contributed by atoms with Gasteiger partial charge in [0.25, 0.3) is 0 Å². The summed E-state index contributed by atoms with van der Waals surface area (Å²) in [5, 5.41) is 2.78. The van der Waals surface area contributed by atoms with E-state index in [2.05, 4.69) is 10.3 Å². The zero-order valence-electron chi connectivity index (χ0n) is 18.5. The van der Waals surface area contributed by atoms with Gasteiger partial charge in [0.2, 0.25) is 5.91 Å². The van der Waals surface area contributed by atoms with E-state index >= 15 is 4.39 Å². The molecule has 1 N–H and O–H groups in total. The number of rotatable bonds is 5. The average molecular weight is 453 g/mol. The number of pyridine rings is 1. The maximum Gasteiger partial charge on any atom is 0.416 e. The zero-order chi connectivity index (χ0) is 23.6. The van der Waals surface area contributed by atoms with Crippen LogP contribution >= 0.6 is 0 Å². The molecule has 1 fully saturated rings. The Bertz CT molecular complexity index is 972. The first-order valence-corrected chi connectivity index (χ1v) is 10.4. The number of amides is 1. The van der Waals surface area contributed by atoms with Crippen LogP contribution in [-0.4, -0.2) is 42.9 Å². The Hall–Kier alpha value is -2.68. The van der Waals surface area contributed by atoms with Gasteiger partial charge >= 0.3 is 6.18 Å². The van der Waals surface area contributed by atoms with Crippen LogP contribution in [0.5, 0.6) is 0 Å². The number of alkyl halides is 3. The number of ether oxygens (including phenoxy) is 1. The number of carbonyl (C=O) groups excluding carboxylic acids is 1. The van der Waals surface area contributed by atoms with Gasteiger partial charge in [-0.2, -0.15) is 13.2 Å². The summed E-state index contributed by atoms with van der Waals surface area (Å²) in [7, 11) is 0. The molecule has 0 saturated carbocycles. The topological polar surface area (TPSA) is 54.5 Å². The van der Waals surface area contributed by atoms with Gasteiger partial charge in [0.15, 0.2) is 6.10 Å². The number of carbonyl (C=O) groups is 1. The van der Waals surface area contributed by atoms with Gasteiger partial charge in [0.1, 0.15) is 5.82 Å². The second-order valence-electron chi connectivity index (χ2n) is 8.32. The monoisotopic (exact) mass is 453 g/mol. The molecule has 3 rings (SSSR count). The van der Waals surface area contributed by atoms with Gasteiger partial charge in [-0.15, -0.1) is 0 Å². The summed E-state index contributed by atoms with van der Waals surface area (Å²) in [5.41, 5.74) is 3.12. The second kappa shape index (κ2) is 9.44. The van der Waals surface area contributed by atoms with Crippen LogP contribution in [0.2, 0.25) is 0 Å². The Balaban J connectivity index is 2.03. The maximum atomic E-state index is 15.4. The highest BCUT2D eigenvalue weighted by molar-refractivity contribution is 5.79. The van der Waals surface area contributed by atoms with E-state index in [4.69, 9.17) is 4.74 Å². The van der Waals surface area contributed by atoms with Crippen LogP contribution in [0.25, 0.3) is 11.1 Å². The Morgan fingerprint density at radius 2 is 1.88 bits per heavy atom. The van der Waals surface area contributed by atoms with E-state index in [9.17, 15) is 18.0 Å². The highest BCUT2D eigenvalue weighted by Crippen LogP contribution is 2.34. The predicted molar refractivity (Wildman–Crippen MR) is 114 cm³/mol. The molecule has 1 aromatic carbocycles. The summed E-state index contributed by atoms with van der Waals surface area (Å²) in [5.74, 6) is -1.03. The molecule has 0 spiro atoms. The number of benzene rings is 1. The predicted octanol–water partition coefficient (Wildman–Crippen LogP) is 4.54. The molecule has 1 aliphatic heterocycles. The van der Waals surface area contributed by atoms with Crippen molar-refractivity contribution >= 4 is 11.6 Å². The Morgan fingerprint density at radius 3 is 2.47 bits per heavy atom. The average Bonchev–Trinajstić information content (AvgIpc) is 2.70. The van der Waals surface area contributed by atoms with Gasteiger partial charge in [-0.05, 0) is 49.2 Å². The van der Waals surface area contributed by atoms with Crippen LogP contribution in [-0.2, 0) is 16.1 Å². The van der Waals surface area contributed by atoms with E-state index in [-0.39, 0.29) is 31.5 Å². The number of anilines is 1. The van der Waals surface area contributed by atoms with Crippen LogP contribution in [0.3, 0.4) is 0 Å². The fraction of sp³-hybridized carbons (Fsp3) is 0.478. The molecule has 32 heavy (non-hydrogen) atoms. The first-order valence-electron chi connectivity index (χ1n) is 10.4. The van der Waals surface area contributed by atoms with Gasteiger partial charge in [-0.3, -0.25) is 9.78 Å². The van der Waals surface area contributed by atoms with Crippen LogP contribution < -0.4 is 10.2 Å². The zero-order valence-corrected chi connectivity index (χ0v) is 18.5. The summed E-state index contributed by atoms with van der Waals surface area (Å²) >= 11 is 0. The van der Waals surface area contributed by atoms with Crippen molar-refractivity contribution in [1.29, 1.82) is 0 Å². The quantitative estimate of drug-likeness (QED) is 0.676. The third kappa shape index (κ3) is 5.56. The minimum Gasteiger partial charge on any atom is -0.366 e. The van der Waals surface area contributed by atoms with E-state index in [1.54, 1.807) is 45.9 Å². The van der Waals surface area contributed by atoms with Crippen molar-refractivity contribution in [2.75, 3.05) is 24.6 Å². The SMILES string of the molecule is Cc1cc(-c2c(F)cc(N3CCOC(C(F)(F)F)C3)cc2CNC(=O)C(C)C)cc(C)n1. The van der Waals surface area contributed by atoms with Crippen LogP contribution in [0.15, 0.2) is 24.3 Å². The molecular weight excluding hydrogens is 426 g/mol. The van der Waals surface area contributed by atoms with Gasteiger partial charge in [0, 0.05) is 41.6 Å². The number of nitrogens with zero attached hydrogens (tertiary/aromatic N) is 2. The molecular formula is C23H27F4N3O2. The summed E-state index contributed by atoms with van der Waals surface area (Å²) in [6, 6.07) is 6.37. The summed E-state index contributed by atoms with van der Waals surface area (Å²) in [4.78, 5) is 17.9. The molecule has 0 aliphatic carbocycles. The van der Waals surface area contributed by atoms with Crippen molar-refractivity contribution in [2.24, 2.45) is 5.92 Å². The molecule has 1 saturated heterocycles. The first kappa shape index (κ1) is 24.0. The number of aromatic nitrogens is 1. The van der Waals surface area contributed by atoms with Crippen molar-refractivity contribution in [3.05, 3.63) is 47.0 Å². The van der Waals surface area contributed by atoms with E-state index in [0.717, 1.165) is 0 Å². The lowest BCUT2D eigenvalue weighted by molar-refractivity contribution is -0.221. The molecule has 1 aromatic heterocycles. The molecule has 0 bridgehead atoms. The molecule has 0 radical (unpaired) electrons.